The van der Waals surface area contributed by atoms with Gasteiger partial charge in [0.05, 0.1) is 41.8 Å². The molecule has 1 aliphatic heterocycles. The first kappa shape index (κ1) is 20.9. The van der Waals surface area contributed by atoms with Crippen molar-refractivity contribution in [3.8, 4) is 11.1 Å². The molecule has 1 aliphatic carbocycles. The lowest BCUT2D eigenvalue weighted by molar-refractivity contribution is 0.185. The number of nitrogens with zero attached hydrogens (tertiary/aromatic N) is 5. The Labute approximate surface area is 199 Å². The highest BCUT2D eigenvalue weighted by atomic mass is 16.5. The predicted octanol–water partition coefficient (Wildman–Crippen LogP) is 5.33. The van der Waals surface area contributed by atoms with Gasteiger partial charge in [0.1, 0.15) is 0 Å². The van der Waals surface area contributed by atoms with Crippen LogP contribution in [0.3, 0.4) is 0 Å². The zero-order chi connectivity index (χ0) is 22.9. The van der Waals surface area contributed by atoms with Crippen LogP contribution < -0.4 is 0 Å². The summed E-state index contributed by atoms with van der Waals surface area (Å²) in [6, 6.07) is 14.6. The molecule has 0 bridgehead atoms. The van der Waals surface area contributed by atoms with Gasteiger partial charge in [-0.15, -0.1) is 0 Å². The Morgan fingerprint density at radius 1 is 1.00 bits per heavy atom. The molecule has 1 fully saturated rings. The first-order chi connectivity index (χ1) is 16.8. The molecular weight excluding hydrogens is 422 g/mol. The van der Waals surface area contributed by atoms with Gasteiger partial charge in [-0.2, -0.15) is 5.10 Å². The fourth-order valence-electron chi connectivity index (χ4n) is 4.72. The van der Waals surface area contributed by atoms with E-state index in [4.69, 9.17) is 14.7 Å². The van der Waals surface area contributed by atoms with Gasteiger partial charge in [-0.1, -0.05) is 30.7 Å². The van der Waals surface area contributed by atoms with Crippen molar-refractivity contribution in [1.82, 2.24) is 19.7 Å². The van der Waals surface area contributed by atoms with Crippen molar-refractivity contribution in [1.29, 1.82) is 0 Å². The average molecular weight is 450 g/mol. The van der Waals surface area contributed by atoms with Gasteiger partial charge in [0.25, 0.3) is 0 Å². The van der Waals surface area contributed by atoms with Gasteiger partial charge < -0.3 is 4.74 Å². The van der Waals surface area contributed by atoms with Crippen molar-refractivity contribution in [3.05, 3.63) is 84.0 Å². The topological polar surface area (TPSA) is 65.2 Å². The van der Waals surface area contributed by atoms with Crippen molar-refractivity contribution in [2.45, 2.75) is 32.4 Å². The van der Waals surface area contributed by atoms with Crippen molar-refractivity contribution in [2.24, 2.45) is 10.9 Å². The molecule has 3 aromatic heterocycles. The summed E-state index contributed by atoms with van der Waals surface area (Å²) in [4.78, 5) is 14.4. The Bertz CT molecular complexity index is 1410. The molecule has 6 nitrogen and oxygen atoms in total. The Balaban J connectivity index is 1.29. The Hall–Kier alpha value is -3.64. The van der Waals surface area contributed by atoms with Crippen LogP contribution in [0, 0.1) is 5.92 Å². The van der Waals surface area contributed by atoms with Crippen LogP contribution in [-0.2, 0) is 17.9 Å². The lowest BCUT2D eigenvalue weighted by Gasteiger charge is -2.24. The van der Waals surface area contributed by atoms with E-state index in [1.165, 1.54) is 19.3 Å². The van der Waals surface area contributed by atoms with Crippen LogP contribution in [0.25, 0.3) is 27.7 Å². The summed E-state index contributed by atoms with van der Waals surface area (Å²) in [7, 11) is 1.71. The summed E-state index contributed by atoms with van der Waals surface area (Å²) in [6.07, 6.45) is 12.1. The number of allylic oxidation sites excluding steroid dienone is 1. The number of fused-ring (bicyclic) bond motifs is 1. The van der Waals surface area contributed by atoms with Crippen LogP contribution in [0.5, 0.6) is 0 Å². The molecule has 170 valence electrons. The first-order valence-electron chi connectivity index (χ1n) is 11.9. The molecule has 34 heavy (non-hydrogen) atoms. The number of hydrogen-bond donors (Lipinski definition) is 0. The van der Waals surface area contributed by atoms with Gasteiger partial charge in [0.2, 0.25) is 0 Å². The largest absolute Gasteiger partial charge is 0.380 e. The van der Waals surface area contributed by atoms with Crippen LogP contribution in [0.2, 0.25) is 0 Å². The number of benzene rings is 1. The number of hydrogen-bond acceptors (Lipinski definition) is 5. The van der Waals surface area contributed by atoms with Gasteiger partial charge in [0, 0.05) is 48.3 Å². The minimum atomic E-state index is 0.583. The summed E-state index contributed by atoms with van der Waals surface area (Å²) in [5, 5.41) is 4.57. The normalized spacial score (nSPS) is 15.9. The molecule has 1 saturated carbocycles. The standard InChI is InChI=1S/C28H27N5O/c1-34-18-20-6-3-7-21(12-20)28-24(10-11-29-28)25-8-9-26-27(32-25)13-22(14-30-26)23-15-31-33(17-23)16-19-4-2-5-19/h3,6-10,12-15,17,19H,2,4-5,11,16,18H2,1H3. The molecule has 1 aromatic carbocycles. The highest BCUT2D eigenvalue weighted by molar-refractivity contribution is 6.32. The zero-order valence-electron chi connectivity index (χ0n) is 19.3. The van der Waals surface area contributed by atoms with E-state index in [0.717, 1.165) is 62.7 Å². The number of pyridine rings is 2. The van der Waals surface area contributed by atoms with Crippen LogP contribution in [0.4, 0.5) is 0 Å². The summed E-state index contributed by atoms with van der Waals surface area (Å²) in [5.41, 5.74) is 9.06. The lowest BCUT2D eigenvalue weighted by atomic mass is 9.85. The number of aliphatic imine (C=N–C) groups is 1. The van der Waals surface area contributed by atoms with E-state index >= 15 is 0 Å². The van der Waals surface area contributed by atoms with Crippen molar-refractivity contribution < 1.29 is 4.74 Å². The van der Waals surface area contributed by atoms with Crippen LogP contribution in [0.1, 0.15) is 36.1 Å². The number of ether oxygens (including phenoxy) is 1. The molecule has 4 heterocycles. The van der Waals surface area contributed by atoms with E-state index in [1.54, 1.807) is 7.11 Å². The maximum absolute atomic E-state index is 5.30. The number of aromatic nitrogens is 4. The summed E-state index contributed by atoms with van der Waals surface area (Å²) in [5.74, 6) is 0.775. The van der Waals surface area contributed by atoms with Gasteiger partial charge in [0.15, 0.2) is 0 Å². The molecule has 0 saturated heterocycles. The SMILES string of the molecule is COCc1cccc(C2=NCC=C2c2ccc3ncc(-c4cnn(CC5CCC5)c4)cc3n2)c1. The molecule has 6 heteroatoms. The van der Waals surface area contributed by atoms with Gasteiger partial charge in [-0.25, -0.2) is 4.98 Å². The first-order valence-corrected chi connectivity index (χ1v) is 11.9. The highest BCUT2D eigenvalue weighted by Gasteiger charge is 2.19. The van der Waals surface area contributed by atoms with E-state index in [2.05, 4.69) is 57.4 Å². The van der Waals surface area contributed by atoms with Crippen molar-refractivity contribution >= 4 is 22.3 Å². The summed E-state index contributed by atoms with van der Waals surface area (Å²) < 4.78 is 7.37. The second-order valence-electron chi connectivity index (χ2n) is 9.15. The van der Waals surface area contributed by atoms with Crippen molar-refractivity contribution in [2.75, 3.05) is 13.7 Å². The van der Waals surface area contributed by atoms with Gasteiger partial charge in [-0.05, 0) is 48.6 Å². The van der Waals surface area contributed by atoms with E-state index in [9.17, 15) is 0 Å². The molecule has 6 rings (SSSR count). The number of methoxy groups -OCH3 is 1. The summed E-state index contributed by atoms with van der Waals surface area (Å²) >= 11 is 0. The highest BCUT2D eigenvalue weighted by Crippen LogP contribution is 2.29. The van der Waals surface area contributed by atoms with Gasteiger partial charge in [-0.3, -0.25) is 14.7 Å². The molecule has 0 spiro atoms. The monoisotopic (exact) mass is 449 g/mol. The third-order valence-electron chi connectivity index (χ3n) is 6.76. The number of rotatable bonds is 7. The lowest BCUT2D eigenvalue weighted by Crippen LogP contribution is -2.18. The fraction of sp³-hybridized carbons (Fsp3) is 0.286. The average Bonchev–Trinajstić information content (AvgIpc) is 3.51. The third kappa shape index (κ3) is 4.05. The maximum Gasteiger partial charge on any atom is 0.0900 e. The second kappa shape index (κ2) is 8.95. The molecule has 0 amide bonds. The molecular formula is C28H27N5O. The van der Waals surface area contributed by atoms with Crippen molar-refractivity contribution in [3.63, 3.8) is 0 Å². The smallest absolute Gasteiger partial charge is 0.0900 e. The maximum atomic E-state index is 5.30. The molecule has 0 unspecified atom stereocenters. The van der Waals surface area contributed by atoms with Crippen LogP contribution in [0.15, 0.2) is 72.1 Å². The second-order valence-corrected chi connectivity index (χ2v) is 9.15. The minimum absolute atomic E-state index is 0.583. The Morgan fingerprint density at radius 2 is 1.94 bits per heavy atom. The Morgan fingerprint density at radius 3 is 2.79 bits per heavy atom. The fourth-order valence-corrected chi connectivity index (χ4v) is 4.72. The van der Waals surface area contributed by atoms with Crippen LogP contribution in [-0.4, -0.2) is 39.1 Å². The molecule has 4 aromatic rings. The van der Waals surface area contributed by atoms with E-state index in [1.807, 2.05) is 24.5 Å². The zero-order valence-corrected chi connectivity index (χ0v) is 19.3. The molecule has 0 radical (unpaired) electrons. The summed E-state index contributed by atoms with van der Waals surface area (Å²) in [6.45, 7) is 2.25. The molecule has 0 atom stereocenters. The predicted molar refractivity (Wildman–Crippen MR) is 135 cm³/mol. The van der Waals surface area contributed by atoms with Gasteiger partial charge >= 0.3 is 0 Å². The quantitative estimate of drug-likeness (QED) is 0.383. The minimum Gasteiger partial charge on any atom is -0.380 e. The molecule has 2 aliphatic rings. The van der Waals surface area contributed by atoms with Crippen LogP contribution >= 0.6 is 0 Å². The third-order valence-corrected chi connectivity index (χ3v) is 6.76. The van der Waals surface area contributed by atoms with E-state index < -0.39 is 0 Å². The van der Waals surface area contributed by atoms with E-state index in [-0.39, 0.29) is 0 Å². The Kier molecular flexibility index (Phi) is 5.51. The molecule has 0 N–H and O–H groups in total. The van der Waals surface area contributed by atoms with E-state index in [0.29, 0.717) is 13.2 Å².